The van der Waals surface area contributed by atoms with Crippen molar-refractivity contribution in [1.29, 1.82) is 0 Å². The Balaban J connectivity index is 1.71. The predicted molar refractivity (Wildman–Crippen MR) is 120 cm³/mol. The minimum Gasteiger partial charge on any atom is -0.497 e. The minimum atomic E-state index is 0.512. The van der Waals surface area contributed by atoms with Crippen LogP contribution in [0.3, 0.4) is 0 Å². The smallest absolute Gasteiger partial charge is 0.204 e. The van der Waals surface area contributed by atoms with Gasteiger partial charge in [-0.15, -0.1) is 5.10 Å². The topological polar surface area (TPSA) is 61.2 Å². The number of rotatable bonds is 7. The van der Waals surface area contributed by atoms with Crippen LogP contribution in [0.2, 0.25) is 0 Å². The van der Waals surface area contributed by atoms with Gasteiger partial charge in [-0.3, -0.25) is 14.5 Å². The van der Waals surface area contributed by atoms with E-state index in [9.17, 15) is 0 Å². The highest BCUT2D eigenvalue weighted by Crippen LogP contribution is 2.24. The second kappa shape index (κ2) is 8.95. The molecule has 0 spiro atoms. The maximum absolute atomic E-state index is 5.80. The average Bonchev–Trinajstić information content (AvgIpc) is 3.31. The molecule has 0 aliphatic heterocycles. The van der Waals surface area contributed by atoms with Gasteiger partial charge in [0.15, 0.2) is 10.5 Å². The summed E-state index contributed by atoms with van der Waals surface area (Å²) >= 11 is 9.14. The van der Waals surface area contributed by atoms with E-state index in [1.54, 1.807) is 19.5 Å². The molecule has 9 heteroatoms. The van der Waals surface area contributed by atoms with E-state index < -0.39 is 0 Å². The Bertz CT molecular complexity index is 1180. The van der Waals surface area contributed by atoms with Gasteiger partial charge in [-0.1, -0.05) is 0 Å². The molecule has 0 radical (unpaired) electrons. The molecule has 4 rings (SSSR count). The van der Waals surface area contributed by atoms with Crippen molar-refractivity contribution in [3.05, 3.63) is 76.1 Å². The number of hydrogen-bond donors (Lipinski definition) is 0. The first-order valence-corrected chi connectivity index (χ1v) is 10.4. The van der Waals surface area contributed by atoms with Crippen LogP contribution in [0.1, 0.15) is 5.76 Å². The minimum absolute atomic E-state index is 0.512. The summed E-state index contributed by atoms with van der Waals surface area (Å²) in [6.07, 6.45) is 3.49. The molecular weight excluding hydrogens is 466 g/mol. The Morgan fingerprint density at radius 1 is 1.10 bits per heavy atom. The van der Waals surface area contributed by atoms with Gasteiger partial charge in [0, 0.05) is 18.0 Å². The summed E-state index contributed by atoms with van der Waals surface area (Å²) in [5.74, 6) is 2.40. The van der Waals surface area contributed by atoms with Gasteiger partial charge in [0.25, 0.3) is 0 Å². The first-order valence-electron chi connectivity index (χ1n) is 9.22. The molecule has 0 fully saturated rings. The van der Waals surface area contributed by atoms with Crippen molar-refractivity contribution >= 4 is 28.1 Å². The normalized spacial score (nSPS) is 11.2. The van der Waals surface area contributed by atoms with Gasteiger partial charge < -0.3 is 9.15 Å². The number of aromatic nitrogens is 4. The third-order valence-electron chi connectivity index (χ3n) is 4.54. The molecule has 0 aliphatic carbocycles. The van der Waals surface area contributed by atoms with Crippen molar-refractivity contribution in [3.8, 4) is 22.8 Å². The highest BCUT2D eigenvalue weighted by atomic mass is 79.9. The SMILES string of the molecule is COc1ccc(-n2c(-c3ccncc3)nn(CN(C)Cc3ccc(Br)o3)c2=S)cc1. The molecule has 0 bridgehead atoms. The lowest BCUT2D eigenvalue weighted by molar-refractivity contribution is 0.225. The van der Waals surface area contributed by atoms with Crippen LogP contribution in [0, 0.1) is 4.77 Å². The molecule has 1 aromatic carbocycles. The maximum atomic E-state index is 5.80. The maximum Gasteiger partial charge on any atom is 0.204 e. The molecule has 7 nitrogen and oxygen atoms in total. The number of halogens is 1. The largest absolute Gasteiger partial charge is 0.497 e. The van der Waals surface area contributed by atoms with E-state index in [-0.39, 0.29) is 0 Å². The summed E-state index contributed by atoms with van der Waals surface area (Å²) < 4.78 is 16.0. The fourth-order valence-corrected chi connectivity index (χ4v) is 3.76. The fraction of sp³-hybridized carbons (Fsp3) is 0.190. The lowest BCUT2D eigenvalue weighted by Crippen LogP contribution is -2.22. The van der Waals surface area contributed by atoms with Gasteiger partial charge in [-0.2, -0.15) is 0 Å². The van der Waals surface area contributed by atoms with Gasteiger partial charge in [0.1, 0.15) is 11.5 Å². The van der Waals surface area contributed by atoms with Crippen molar-refractivity contribution < 1.29 is 9.15 Å². The molecule has 0 saturated carbocycles. The zero-order chi connectivity index (χ0) is 21.1. The highest BCUT2D eigenvalue weighted by Gasteiger charge is 2.16. The predicted octanol–water partition coefficient (Wildman–Crippen LogP) is 4.92. The van der Waals surface area contributed by atoms with E-state index in [1.165, 1.54) is 0 Å². The number of methoxy groups -OCH3 is 1. The van der Waals surface area contributed by atoms with Crippen LogP contribution in [0.15, 0.2) is 70.0 Å². The zero-order valence-corrected chi connectivity index (χ0v) is 18.9. The number of pyridine rings is 1. The number of hydrogen-bond acceptors (Lipinski definition) is 6. The summed E-state index contributed by atoms with van der Waals surface area (Å²) in [5, 5.41) is 4.82. The zero-order valence-electron chi connectivity index (χ0n) is 16.5. The average molecular weight is 486 g/mol. The second-order valence-electron chi connectivity index (χ2n) is 6.74. The van der Waals surface area contributed by atoms with E-state index in [4.69, 9.17) is 26.5 Å². The molecule has 0 atom stereocenters. The fourth-order valence-electron chi connectivity index (χ4n) is 3.13. The molecule has 0 saturated heterocycles. The quantitative estimate of drug-likeness (QED) is 0.346. The van der Waals surface area contributed by atoms with Crippen LogP contribution in [-0.4, -0.2) is 38.4 Å². The van der Waals surface area contributed by atoms with Crippen molar-refractivity contribution in [3.63, 3.8) is 0 Å². The molecule has 0 unspecified atom stereocenters. The Hall–Kier alpha value is -2.75. The molecule has 0 amide bonds. The lowest BCUT2D eigenvalue weighted by atomic mass is 10.2. The number of ether oxygens (including phenoxy) is 1. The van der Waals surface area contributed by atoms with Crippen molar-refractivity contribution in [1.82, 2.24) is 24.2 Å². The van der Waals surface area contributed by atoms with Crippen LogP contribution >= 0.6 is 28.1 Å². The van der Waals surface area contributed by atoms with Crippen LogP contribution in [0.5, 0.6) is 5.75 Å². The van der Waals surface area contributed by atoms with Crippen LogP contribution in [-0.2, 0) is 13.2 Å². The second-order valence-corrected chi connectivity index (χ2v) is 7.88. The summed E-state index contributed by atoms with van der Waals surface area (Å²) in [7, 11) is 3.64. The van der Waals surface area contributed by atoms with Gasteiger partial charge >= 0.3 is 0 Å². The molecule has 4 aromatic rings. The first-order chi connectivity index (χ1) is 14.5. The van der Waals surface area contributed by atoms with E-state index in [0.29, 0.717) is 22.7 Å². The van der Waals surface area contributed by atoms with E-state index >= 15 is 0 Å². The summed E-state index contributed by atoms with van der Waals surface area (Å²) in [6, 6.07) is 15.4. The molecule has 3 aromatic heterocycles. The van der Waals surface area contributed by atoms with Crippen molar-refractivity contribution in [2.75, 3.05) is 14.2 Å². The Morgan fingerprint density at radius 2 is 1.83 bits per heavy atom. The molecule has 3 heterocycles. The lowest BCUT2D eigenvalue weighted by Gasteiger charge is -2.14. The van der Waals surface area contributed by atoms with Crippen molar-refractivity contribution in [2.24, 2.45) is 0 Å². The molecule has 0 aliphatic rings. The summed E-state index contributed by atoms with van der Waals surface area (Å²) in [6.45, 7) is 1.14. The Morgan fingerprint density at radius 3 is 2.47 bits per heavy atom. The molecule has 30 heavy (non-hydrogen) atoms. The van der Waals surface area contributed by atoms with Gasteiger partial charge in [0.2, 0.25) is 4.77 Å². The number of benzene rings is 1. The van der Waals surface area contributed by atoms with Crippen LogP contribution in [0.25, 0.3) is 17.1 Å². The van der Waals surface area contributed by atoms with Crippen molar-refractivity contribution in [2.45, 2.75) is 13.2 Å². The first kappa shape index (κ1) is 20.5. The monoisotopic (exact) mass is 485 g/mol. The van der Waals surface area contributed by atoms with E-state index in [0.717, 1.165) is 28.6 Å². The highest BCUT2D eigenvalue weighted by molar-refractivity contribution is 9.10. The third kappa shape index (κ3) is 4.38. The van der Waals surface area contributed by atoms with Gasteiger partial charge in [-0.25, -0.2) is 4.68 Å². The summed E-state index contributed by atoms with van der Waals surface area (Å²) in [4.78, 5) is 6.20. The number of nitrogens with zero attached hydrogens (tertiary/aromatic N) is 5. The third-order valence-corrected chi connectivity index (χ3v) is 5.36. The number of furan rings is 1. The standard InChI is InChI=1S/C21H20BrN5O2S/c1-25(13-18-7-8-19(22)29-18)14-26-21(30)27(16-3-5-17(28-2)6-4-16)20(24-26)15-9-11-23-12-10-15/h3-12H,13-14H2,1-2H3. The Kier molecular flexibility index (Phi) is 6.12. The van der Waals surface area contributed by atoms with E-state index in [2.05, 4.69) is 25.8 Å². The molecule has 154 valence electrons. The van der Waals surface area contributed by atoms with Gasteiger partial charge in [0.05, 0.1) is 26.0 Å². The van der Waals surface area contributed by atoms with Crippen LogP contribution < -0.4 is 4.74 Å². The molecular formula is C21H20BrN5O2S. The molecule has 0 N–H and O–H groups in total. The Labute approximate surface area is 187 Å². The van der Waals surface area contributed by atoms with E-state index in [1.807, 2.05) is 64.8 Å². The van der Waals surface area contributed by atoms with Crippen LogP contribution in [0.4, 0.5) is 0 Å². The van der Waals surface area contributed by atoms with Gasteiger partial charge in [-0.05, 0) is 83.7 Å². The summed E-state index contributed by atoms with van der Waals surface area (Å²) in [5.41, 5.74) is 1.85.